The highest BCUT2D eigenvalue weighted by Crippen LogP contribution is 2.46. The van der Waals surface area contributed by atoms with Crippen LogP contribution in [0, 0.1) is 0 Å². The Morgan fingerprint density at radius 1 is 0.526 bits per heavy atom. The molecule has 0 spiro atoms. The van der Waals surface area contributed by atoms with Crippen LogP contribution in [0.25, 0.3) is 0 Å². The quantitative estimate of drug-likeness (QED) is 0.123. The van der Waals surface area contributed by atoms with Gasteiger partial charge in [0, 0.05) is 132 Å². The SMILES string of the molecule is CN(C[C@H]1Cc2c(cc(C3CC[C@H](N(C)C[C@@H]4Cc5c(cccc5N5CCN(c6cccc(C(F)(F)F)c6)CC5)CN4)c4ncccc43)cc2N2CCN(c3cccc(C(F)(F)F)c3)CC2)CN1)[C@H]1CCCc2cccnc21. The Labute approximate surface area is 454 Å². The number of nitrogens with one attached hydrogen (secondary N) is 2. The van der Waals surface area contributed by atoms with E-state index in [0.29, 0.717) is 50.6 Å². The number of alkyl halides is 6. The summed E-state index contributed by atoms with van der Waals surface area (Å²) in [6, 6.07) is 32.3. The number of hydrogen-bond acceptors (Lipinski definition) is 10. The summed E-state index contributed by atoms with van der Waals surface area (Å²) in [5, 5.41) is 7.81. The zero-order chi connectivity index (χ0) is 53.7. The standard InChI is InChI=1S/C62H70F6N10/c1-73(56-18-3-9-41-11-7-21-69-59(41)56)39-48-36-54-44(38-72-48)31-43(32-58(54)78-29-25-76(26-30-78)50-15-6-13-46(34-50)62(66,67)68)51-19-20-57(60-52(51)16-8-22-70-60)74(2)40-47-35-53-42(37-71-47)10-4-17-55(53)77-27-23-75(24-28-77)49-14-5-12-45(33-49)61(63,64)65/h4-8,10-17,21-22,31-34,47-48,51,56-57,71-72H,3,9,18-20,23-30,35-40H2,1-2H3/t47-,48+,51?,56-,57-/m0/s1. The summed E-state index contributed by atoms with van der Waals surface area (Å²) < 4.78 is 82.1. The van der Waals surface area contributed by atoms with Crippen LogP contribution < -0.4 is 30.2 Å². The van der Waals surface area contributed by atoms with Gasteiger partial charge in [-0.15, -0.1) is 0 Å². The second-order valence-corrected chi connectivity index (χ2v) is 22.7. The number of fused-ring (bicyclic) bond motifs is 4. The van der Waals surface area contributed by atoms with Gasteiger partial charge in [0.2, 0.25) is 0 Å². The van der Waals surface area contributed by atoms with Crippen LogP contribution in [0.15, 0.2) is 116 Å². The third-order valence-corrected chi connectivity index (χ3v) is 17.9. The Morgan fingerprint density at radius 3 is 1.68 bits per heavy atom. The van der Waals surface area contributed by atoms with E-state index in [1.807, 2.05) is 18.5 Å². The molecular formula is C62H70F6N10. The zero-order valence-corrected chi connectivity index (χ0v) is 44.6. The first-order valence-electron chi connectivity index (χ1n) is 28.1. The molecule has 2 fully saturated rings. The number of rotatable bonds is 11. The molecule has 4 aliphatic heterocycles. The van der Waals surface area contributed by atoms with Crippen LogP contribution in [-0.2, 0) is 44.7 Å². The maximum atomic E-state index is 13.8. The van der Waals surface area contributed by atoms with Crippen molar-refractivity contribution in [2.45, 2.75) is 100 Å². The van der Waals surface area contributed by atoms with Crippen molar-refractivity contribution >= 4 is 22.7 Å². The van der Waals surface area contributed by atoms with Gasteiger partial charge in [-0.2, -0.15) is 26.3 Å². The Hall–Kier alpha value is -6.20. The number of nitrogens with zero attached hydrogens (tertiary/aromatic N) is 8. The Kier molecular flexibility index (Phi) is 14.7. The fourth-order valence-corrected chi connectivity index (χ4v) is 13.9. The van der Waals surface area contributed by atoms with Crippen LogP contribution in [0.4, 0.5) is 49.1 Å². The minimum atomic E-state index is -4.40. The second-order valence-electron chi connectivity index (χ2n) is 22.7. The number of likely N-dealkylation sites (N-methyl/N-ethyl adjacent to an activating group) is 2. The highest BCUT2D eigenvalue weighted by Gasteiger charge is 2.38. The molecule has 4 aromatic carbocycles. The molecule has 6 aliphatic rings. The Balaban J connectivity index is 0.762. The molecule has 10 nitrogen and oxygen atoms in total. The van der Waals surface area contributed by atoms with Crippen molar-refractivity contribution in [3.63, 3.8) is 0 Å². The lowest BCUT2D eigenvalue weighted by Gasteiger charge is -2.42. The van der Waals surface area contributed by atoms with E-state index < -0.39 is 23.5 Å². The molecule has 2 aromatic heterocycles. The van der Waals surface area contributed by atoms with Crippen molar-refractivity contribution in [2.75, 3.05) is 99.1 Å². The van der Waals surface area contributed by atoms with Gasteiger partial charge in [0.05, 0.1) is 34.6 Å². The van der Waals surface area contributed by atoms with Gasteiger partial charge < -0.3 is 30.2 Å². The van der Waals surface area contributed by atoms with Gasteiger partial charge in [0.25, 0.3) is 0 Å². The first kappa shape index (κ1) is 52.5. The van der Waals surface area contributed by atoms with Gasteiger partial charge in [-0.05, 0) is 159 Å². The first-order chi connectivity index (χ1) is 37.7. The van der Waals surface area contributed by atoms with Gasteiger partial charge in [0.1, 0.15) is 0 Å². The minimum Gasteiger partial charge on any atom is -0.368 e. The molecule has 2 N–H and O–H groups in total. The average Bonchev–Trinajstić information content (AvgIpc) is 3.53. The number of benzene rings is 4. The number of piperazine rings is 2. The average molecular weight is 1070 g/mol. The fourth-order valence-electron chi connectivity index (χ4n) is 13.9. The van der Waals surface area contributed by atoms with Crippen molar-refractivity contribution in [1.29, 1.82) is 0 Å². The van der Waals surface area contributed by atoms with Gasteiger partial charge in [-0.25, -0.2) is 0 Å². The van der Waals surface area contributed by atoms with Gasteiger partial charge in [-0.3, -0.25) is 19.8 Å². The maximum Gasteiger partial charge on any atom is 0.416 e. The van der Waals surface area contributed by atoms with Crippen LogP contribution >= 0.6 is 0 Å². The molecule has 0 radical (unpaired) electrons. The molecule has 2 saturated heterocycles. The number of anilines is 4. The lowest BCUT2D eigenvalue weighted by atomic mass is 9.77. The fraction of sp³-hybridized carbons (Fsp3) is 0.452. The summed E-state index contributed by atoms with van der Waals surface area (Å²) in [5.74, 6) is 0.146. The molecule has 2 aliphatic carbocycles. The van der Waals surface area contributed by atoms with E-state index in [4.69, 9.17) is 9.97 Å². The van der Waals surface area contributed by atoms with Gasteiger partial charge in [0.15, 0.2) is 0 Å². The predicted molar refractivity (Wildman–Crippen MR) is 297 cm³/mol. The monoisotopic (exact) mass is 1070 g/mol. The highest BCUT2D eigenvalue weighted by molar-refractivity contribution is 5.64. The largest absolute Gasteiger partial charge is 0.416 e. The van der Waals surface area contributed by atoms with Crippen LogP contribution in [-0.4, -0.2) is 111 Å². The van der Waals surface area contributed by atoms with Crippen LogP contribution in [0.5, 0.6) is 0 Å². The van der Waals surface area contributed by atoms with E-state index in [0.717, 1.165) is 102 Å². The molecular weight excluding hydrogens is 999 g/mol. The van der Waals surface area contributed by atoms with Crippen molar-refractivity contribution in [3.8, 4) is 0 Å². The van der Waals surface area contributed by atoms with E-state index in [1.165, 1.54) is 80.3 Å². The van der Waals surface area contributed by atoms with E-state index in [2.05, 4.69) is 103 Å². The Morgan fingerprint density at radius 2 is 1.05 bits per heavy atom. The number of pyridine rings is 2. The molecule has 5 atom stereocenters. The van der Waals surface area contributed by atoms with E-state index in [9.17, 15) is 26.3 Å². The molecule has 0 saturated carbocycles. The van der Waals surface area contributed by atoms with Crippen molar-refractivity contribution in [2.24, 2.45) is 0 Å². The predicted octanol–water partition coefficient (Wildman–Crippen LogP) is 10.8. The lowest BCUT2D eigenvalue weighted by molar-refractivity contribution is -0.138. The van der Waals surface area contributed by atoms with Crippen molar-refractivity contribution in [3.05, 3.63) is 177 Å². The zero-order valence-electron chi connectivity index (χ0n) is 44.6. The topological polar surface area (TPSA) is 69.3 Å². The van der Waals surface area contributed by atoms with Gasteiger partial charge >= 0.3 is 12.4 Å². The molecule has 16 heteroatoms. The van der Waals surface area contributed by atoms with Crippen LogP contribution in [0.3, 0.4) is 0 Å². The molecule has 12 rings (SSSR count). The van der Waals surface area contributed by atoms with E-state index in [-0.39, 0.29) is 30.1 Å². The Bertz CT molecular complexity index is 3090. The molecule has 78 heavy (non-hydrogen) atoms. The van der Waals surface area contributed by atoms with Gasteiger partial charge in [-0.1, -0.05) is 42.5 Å². The van der Waals surface area contributed by atoms with Crippen molar-refractivity contribution in [1.82, 2.24) is 30.4 Å². The number of hydrogen-bond donors (Lipinski definition) is 2. The summed E-state index contributed by atoms with van der Waals surface area (Å²) in [7, 11) is 4.48. The number of aryl methyl sites for hydroxylation is 1. The maximum absolute atomic E-state index is 13.8. The first-order valence-corrected chi connectivity index (χ1v) is 28.1. The molecule has 0 amide bonds. The summed E-state index contributed by atoms with van der Waals surface area (Å²) in [6.45, 7) is 8.63. The van der Waals surface area contributed by atoms with Crippen LogP contribution in [0.1, 0.15) is 105 Å². The lowest BCUT2D eigenvalue weighted by Crippen LogP contribution is -2.48. The summed E-state index contributed by atoms with van der Waals surface area (Å²) in [4.78, 5) is 24.1. The highest BCUT2D eigenvalue weighted by atomic mass is 19.4. The molecule has 1 unspecified atom stereocenters. The minimum absolute atomic E-state index is 0.131. The molecule has 410 valence electrons. The molecule has 6 heterocycles. The van der Waals surface area contributed by atoms with E-state index >= 15 is 0 Å². The summed E-state index contributed by atoms with van der Waals surface area (Å²) in [5.41, 5.74) is 14.0. The molecule has 6 aromatic rings. The van der Waals surface area contributed by atoms with Crippen molar-refractivity contribution < 1.29 is 26.3 Å². The summed E-state index contributed by atoms with van der Waals surface area (Å²) in [6.07, 6.45) is 2.06. The summed E-state index contributed by atoms with van der Waals surface area (Å²) >= 11 is 0. The van der Waals surface area contributed by atoms with Crippen LogP contribution in [0.2, 0.25) is 0 Å². The number of aromatic nitrogens is 2. The smallest absolute Gasteiger partial charge is 0.368 e. The van der Waals surface area contributed by atoms with E-state index in [1.54, 1.807) is 12.1 Å². The molecule has 0 bridgehead atoms. The number of halogens is 6. The normalized spacial score (nSPS) is 22.8. The second kappa shape index (κ2) is 21.8. The third-order valence-electron chi connectivity index (χ3n) is 17.9. The third kappa shape index (κ3) is 10.8.